The summed E-state index contributed by atoms with van der Waals surface area (Å²) in [7, 11) is 0. The van der Waals surface area contributed by atoms with Gasteiger partial charge in [0, 0.05) is 6.54 Å². The van der Waals surface area contributed by atoms with Crippen molar-refractivity contribution in [1.82, 2.24) is 25.8 Å². The molecular weight excluding hydrogens is 250 g/mol. The Kier molecular flexibility index (Phi) is 5.90. The van der Waals surface area contributed by atoms with E-state index in [0.717, 1.165) is 25.7 Å². The van der Waals surface area contributed by atoms with Gasteiger partial charge in [-0.25, -0.2) is 16.4 Å². The van der Waals surface area contributed by atoms with Gasteiger partial charge in [-0.3, -0.25) is 20.4 Å². The van der Waals surface area contributed by atoms with Gasteiger partial charge in [0.25, 0.3) is 11.8 Å². The van der Waals surface area contributed by atoms with Crippen LogP contribution in [-0.4, -0.2) is 26.8 Å². The minimum Gasteiger partial charge on any atom is -0.289 e. The third-order valence-electron chi connectivity index (χ3n) is 2.65. The van der Waals surface area contributed by atoms with Crippen LogP contribution >= 0.6 is 0 Å². The summed E-state index contributed by atoms with van der Waals surface area (Å²) in [5.74, 6) is 8.80. The molecule has 0 unspecified atom stereocenters. The Morgan fingerprint density at radius 1 is 1.16 bits per heavy atom. The summed E-state index contributed by atoms with van der Waals surface area (Å²) >= 11 is 0. The summed E-state index contributed by atoms with van der Waals surface area (Å²) in [6.45, 7) is 2.60. The predicted molar refractivity (Wildman–Crippen MR) is 67.5 cm³/mol. The van der Waals surface area contributed by atoms with E-state index in [4.69, 9.17) is 11.7 Å². The van der Waals surface area contributed by atoms with Crippen molar-refractivity contribution in [2.45, 2.75) is 39.2 Å². The van der Waals surface area contributed by atoms with Gasteiger partial charge >= 0.3 is 0 Å². The number of hydrogen-bond donors (Lipinski definition) is 4. The van der Waals surface area contributed by atoms with E-state index in [9.17, 15) is 9.59 Å². The molecule has 9 heteroatoms. The minimum atomic E-state index is -0.682. The normalized spacial score (nSPS) is 10.3. The summed E-state index contributed by atoms with van der Waals surface area (Å²) in [6, 6.07) is 0. The number of aryl methyl sites for hydroxylation is 1. The monoisotopic (exact) mass is 269 g/mol. The first-order valence-electron chi connectivity index (χ1n) is 6.11. The molecule has 19 heavy (non-hydrogen) atoms. The fourth-order valence-electron chi connectivity index (χ4n) is 1.67. The van der Waals surface area contributed by atoms with Gasteiger partial charge in [-0.2, -0.15) is 0 Å². The Morgan fingerprint density at radius 2 is 1.84 bits per heavy atom. The first-order valence-corrected chi connectivity index (χ1v) is 6.11. The molecular formula is C10H19N7O2. The molecule has 0 saturated carbocycles. The van der Waals surface area contributed by atoms with Crippen LogP contribution in [0.4, 0.5) is 0 Å². The Bertz CT molecular complexity index is 443. The second-order valence-corrected chi connectivity index (χ2v) is 4.02. The van der Waals surface area contributed by atoms with Crippen LogP contribution < -0.4 is 22.5 Å². The second kappa shape index (κ2) is 7.44. The number of aromatic nitrogens is 3. The second-order valence-electron chi connectivity index (χ2n) is 4.02. The zero-order chi connectivity index (χ0) is 14.3. The van der Waals surface area contributed by atoms with Crippen LogP contribution in [0.3, 0.4) is 0 Å². The lowest BCUT2D eigenvalue weighted by Gasteiger charge is -2.06. The maximum Gasteiger partial charge on any atom is 0.288 e. The molecule has 0 saturated heterocycles. The minimum absolute atomic E-state index is 0.0157. The molecule has 9 nitrogen and oxygen atoms in total. The van der Waals surface area contributed by atoms with Gasteiger partial charge in [-0.15, -0.1) is 5.10 Å². The number of nitrogens with one attached hydrogen (secondary N) is 2. The summed E-state index contributed by atoms with van der Waals surface area (Å²) in [6.07, 6.45) is 4.06. The van der Waals surface area contributed by atoms with Crippen molar-refractivity contribution in [3.05, 3.63) is 11.4 Å². The number of carbonyl (C=O) groups is 2. The third kappa shape index (κ3) is 3.73. The molecule has 0 aliphatic rings. The maximum atomic E-state index is 11.7. The molecule has 0 fully saturated rings. The molecule has 1 aromatic rings. The predicted octanol–water partition coefficient (Wildman–Crippen LogP) is -0.935. The molecule has 6 N–H and O–H groups in total. The van der Waals surface area contributed by atoms with Crippen LogP contribution in [-0.2, 0) is 6.54 Å². The van der Waals surface area contributed by atoms with Crippen LogP contribution in [0.15, 0.2) is 0 Å². The number of unbranched alkanes of at least 4 members (excludes halogenated alkanes) is 3. The number of carbonyl (C=O) groups excluding carboxylic acids is 2. The summed E-state index contributed by atoms with van der Waals surface area (Å²) in [4.78, 5) is 23.1. The number of nitrogens with zero attached hydrogens (tertiary/aromatic N) is 3. The number of amides is 2. The maximum absolute atomic E-state index is 11.7. The average Bonchev–Trinajstić information content (AvgIpc) is 2.85. The fraction of sp³-hybridized carbons (Fsp3) is 0.600. The van der Waals surface area contributed by atoms with Crippen LogP contribution in [0.25, 0.3) is 0 Å². The van der Waals surface area contributed by atoms with E-state index >= 15 is 0 Å². The highest BCUT2D eigenvalue weighted by Crippen LogP contribution is 2.08. The van der Waals surface area contributed by atoms with Gasteiger partial charge < -0.3 is 0 Å². The summed E-state index contributed by atoms with van der Waals surface area (Å²) in [5.41, 5.74) is 3.76. The molecule has 0 atom stereocenters. The zero-order valence-corrected chi connectivity index (χ0v) is 10.8. The molecule has 1 aromatic heterocycles. The lowest BCUT2D eigenvalue weighted by Crippen LogP contribution is -2.36. The molecule has 106 valence electrons. The van der Waals surface area contributed by atoms with E-state index in [1.807, 2.05) is 10.9 Å². The highest BCUT2D eigenvalue weighted by molar-refractivity contribution is 6.04. The van der Waals surface area contributed by atoms with Crippen LogP contribution in [0, 0.1) is 0 Å². The van der Waals surface area contributed by atoms with Gasteiger partial charge in [-0.05, 0) is 6.42 Å². The van der Waals surface area contributed by atoms with Crippen molar-refractivity contribution in [2.75, 3.05) is 0 Å². The zero-order valence-electron chi connectivity index (χ0n) is 10.8. The third-order valence-corrected chi connectivity index (χ3v) is 2.65. The van der Waals surface area contributed by atoms with Gasteiger partial charge in [0.2, 0.25) is 0 Å². The molecule has 0 aromatic carbocycles. The van der Waals surface area contributed by atoms with E-state index in [2.05, 4.69) is 17.2 Å². The highest BCUT2D eigenvalue weighted by atomic mass is 16.2. The van der Waals surface area contributed by atoms with E-state index in [0.29, 0.717) is 6.54 Å². The first-order chi connectivity index (χ1) is 9.15. The molecule has 0 spiro atoms. The van der Waals surface area contributed by atoms with Crippen molar-refractivity contribution < 1.29 is 9.59 Å². The van der Waals surface area contributed by atoms with Crippen molar-refractivity contribution in [1.29, 1.82) is 0 Å². The van der Waals surface area contributed by atoms with Crippen LogP contribution in [0.5, 0.6) is 0 Å². The van der Waals surface area contributed by atoms with Crippen molar-refractivity contribution in [2.24, 2.45) is 11.7 Å². The standard InChI is InChI=1S/C10H19N7O2/c1-2-3-4-5-6-17-8(10(19)14-12)7(15-16-17)9(18)13-11/h2-6,11-12H2,1H3,(H,13,18)(H,14,19). The molecule has 1 rings (SSSR count). The lowest BCUT2D eigenvalue weighted by atomic mass is 10.2. The topological polar surface area (TPSA) is 141 Å². The molecule has 0 radical (unpaired) electrons. The van der Waals surface area contributed by atoms with Crippen LogP contribution in [0.1, 0.15) is 53.6 Å². The van der Waals surface area contributed by atoms with E-state index < -0.39 is 11.8 Å². The number of rotatable bonds is 7. The van der Waals surface area contributed by atoms with Gasteiger partial charge in [0.1, 0.15) is 0 Å². The highest BCUT2D eigenvalue weighted by Gasteiger charge is 2.24. The fourth-order valence-corrected chi connectivity index (χ4v) is 1.67. The summed E-state index contributed by atoms with van der Waals surface area (Å²) in [5, 5.41) is 7.45. The molecule has 0 aliphatic heterocycles. The Hall–Kier alpha value is -2.00. The number of hydrogen-bond acceptors (Lipinski definition) is 6. The van der Waals surface area contributed by atoms with Crippen molar-refractivity contribution in [3.63, 3.8) is 0 Å². The largest absolute Gasteiger partial charge is 0.289 e. The SMILES string of the molecule is CCCCCCn1nnc(C(=O)NN)c1C(=O)NN. The quantitative estimate of drug-likeness (QED) is 0.218. The molecule has 2 amide bonds. The number of hydrazine groups is 2. The van der Waals surface area contributed by atoms with Gasteiger partial charge in [0.05, 0.1) is 0 Å². The average molecular weight is 269 g/mol. The van der Waals surface area contributed by atoms with E-state index in [-0.39, 0.29) is 11.4 Å². The summed E-state index contributed by atoms with van der Waals surface area (Å²) < 4.78 is 1.36. The van der Waals surface area contributed by atoms with Gasteiger partial charge in [-0.1, -0.05) is 31.4 Å². The van der Waals surface area contributed by atoms with E-state index in [1.54, 1.807) is 0 Å². The van der Waals surface area contributed by atoms with Crippen molar-refractivity contribution >= 4 is 11.8 Å². The number of nitrogen functional groups attached to an aromatic ring is 2. The molecule has 0 aliphatic carbocycles. The van der Waals surface area contributed by atoms with Crippen LogP contribution in [0.2, 0.25) is 0 Å². The Morgan fingerprint density at radius 3 is 2.42 bits per heavy atom. The smallest absolute Gasteiger partial charge is 0.288 e. The lowest BCUT2D eigenvalue weighted by molar-refractivity contribution is 0.0910. The van der Waals surface area contributed by atoms with Crippen molar-refractivity contribution in [3.8, 4) is 0 Å². The van der Waals surface area contributed by atoms with E-state index in [1.165, 1.54) is 4.68 Å². The Balaban J connectivity index is 2.88. The van der Waals surface area contributed by atoms with Gasteiger partial charge in [0.15, 0.2) is 11.4 Å². The number of nitrogens with two attached hydrogens (primary N) is 2. The molecule has 0 bridgehead atoms. The Labute approximate surface area is 110 Å². The molecule has 1 heterocycles. The first kappa shape index (κ1) is 15.1.